The number of hydrogen-bond donors (Lipinski definition) is 2. The molecule has 1 rings (SSSR count). The van der Waals surface area contributed by atoms with Crippen LogP contribution in [0.25, 0.3) is 0 Å². The van der Waals surface area contributed by atoms with Gasteiger partial charge in [-0.15, -0.1) is 0 Å². The molecule has 1 heterocycles. The number of nitrogens with zero attached hydrogens (tertiary/aromatic N) is 1. The molecule has 0 saturated carbocycles. The highest BCUT2D eigenvalue weighted by Gasteiger charge is 2.06. The van der Waals surface area contributed by atoms with Crippen molar-refractivity contribution in [3.8, 4) is 0 Å². The largest absolute Gasteiger partial charge is 0.481 e. The number of aromatic nitrogens is 2. The molecular weight excluding hydrogens is 148 g/mol. The lowest BCUT2D eigenvalue weighted by molar-refractivity contribution is -0.136. The second-order valence-electron chi connectivity index (χ2n) is 2.23. The van der Waals surface area contributed by atoms with Gasteiger partial charge in [0.05, 0.1) is 6.42 Å². The first-order chi connectivity index (χ1) is 5.11. The lowest BCUT2D eigenvalue weighted by atomic mass is 10.2. The Labute approximate surface area is 62.3 Å². The molecule has 0 aliphatic carbocycles. The van der Waals surface area contributed by atoms with Gasteiger partial charge in [-0.3, -0.25) is 14.3 Å². The van der Waals surface area contributed by atoms with E-state index in [1.54, 1.807) is 0 Å². The molecule has 0 amide bonds. The summed E-state index contributed by atoms with van der Waals surface area (Å²) in [6, 6.07) is 0. The molecule has 0 aliphatic rings. The molecular formula is C6H8N2O3. The van der Waals surface area contributed by atoms with Crippen LogP contribution in [0.5, 0.6) is 0 Å². The summed E-state index contributed by atoms with van der Waals surface area (Å²) in [7, 11) is 1.54. The predicted octanol–water partition coefficient (Wildman–Crippen LogP) is -0.659. The second kappa shape index (κ2) is 2.61. The van der Waals surface area contributed by atoms with Crippen molar-refractivity contribution in [2.24, 2.45) is 7.05 Å². The third-order valence-corrected chi connectivity index (χ3v) is 1.35. The zero-order chi connectivity index (χ0) is 8.43. The fraction of sp³-hybridized carbons (Fsp3) is 0.333. The van der Waals surface area contributed by atoms with Gasteiger partial charge in [-0.1, -0.05) is 0 Å². The summed E-state index contributed by atoms with van der Waals surface area (Å²) < 4.78 is 1.23. The molecule has 60 valence electrons. The van der Waals surface area contributed by atoms with Crippen molar-refractivity contribution in [3.63, 3.8) is 0 Å². The number of nitrogens with one attached hydrogen (secondary N) is 1. The minimum absolute atomic E-state index is 0.226. The number of carbonyl (C=O) groups is 1. The maximum Gasteiger partial charge on any atom is 0.308 e. The number of aromatic amines is 1. The van der Waals surface area contributed by atoms with Crippen molar-refractivity contribution < 1.29 is 9.90 Å². The van der Waals surface area contributed by atoms with Crippen LogP contribution >= 0.6 is 0 Å². The number of aryl methyl sites for hydroxylation is 1. The van der Waals surface area contributed by atoms with Gasteiger partial charge in [-0.05, 0) is 0 Å². The Morgan fingerprint density at radius 2 is 2.45 bits per heavy atom. The average molecular weight is 156 g/mol. The molecule has 1 aromatic rings. The number of carboxylic acids is 1. The predicted molar refractivity (Wildman–Crippen MR) is 37.4 cm³/mol. The summed E-state index contributed by atoms with van der Waals surface area (Å²) in [5, 5.41) is 10.9. The standard InChI is InChI=1S/C6H8N2O3/c1-8-6(11)4(3-7-8)2-5(9)10/h3,7H,2H2,1H3,(H,9,10). The fourth-order valence-electron chi connectivity index (χ4n) is 0.800. The highest BCUT2D eigenvalue weighted by Crippen LogP contribution is 1.88. The molecule has 5 heteroatoms. The van der Waals surface area contributed by atoms with Crippen LogP contribution in [0.1, 0.15) is 5.56 Å². The van der Waals surface area contributed by atoms with Crippen molar-refractivity contribution in [1.82, 2.24) is 9.78 Å². The Kier molecular flexibility index (Phi) is 1.80. The van der Waals surface area contributed by atoms with Crippen LogP contribution in [0.4, 0.5) is 0 Å². The summed E-state index contributed by atoms with van der Waals surface area (Å²) in [4.78, 5) is 21.1. The van der Waals surface area contributed by atoms with Gasteiger partial charge in [0.15, 0.2) is 0 Å². The maximum atomic E-state index is 11.0. The smallest absolute Gasteiger partial charge is 0.308 e. The molecule has 0 fully saturated rings. The van der Waals surface area contributed by atoms with Crippen LogP contribution in [0.3, 0.4) is 0 Å². The Morgan fingerprint density at radius 1 is 1.82 bits per heavy atom. The van der Waals surface area contributed by atoms with Crippen molar-refractivity contribution in [2.75, 3.05) is 0 Å². The average Bonchev–Trinajstić information content (AvgIpc) is 2.18. The molecule has 0 atom stereocenters. The molecule has 0 spiro atoms. The first-order valence-electron chi connectivity index (χ1n) is 3.06. The molecule has 0 saturated heterocycles. The molecule has 0 bridgehead atoms. The number of H-pyrrole nitrogens is 1. The van der Waals surface area contributed by atoms with Crippen molar-refractivity contribution >= 4 is 5.97 Å². The topological polar surface area (TPSA) is 75.1 Å². The van der Waals surface area contributed by atoms with E-state index < -0.39 is 5.97 Å². The van der Waals surface area contributed by atoms with Crippen LogP contribution in [0.15, 0.2) is 11.0 Å². The van der Waals surface area contributed by atoms with E-state index in [1.807, 2.05) is 0 Å². The summed E-state index contributed by atoms with van der Waals surface area (Å²) in [5.74, 6) is -0.998. The number of aliphatic carboxylic acids is 1. The van der Waals surface area contributed by atoms with Gasteiger partial charge in [0.25, 0.3) is 5.56 Å². The van der Waals surface area contributed by atoms with Gasteiger partial charge in [0.1, 0.15) is 0 Å². The molecule has 0 unspecified atom stereocenters. The molecule has 2 N–H and O–H groups in total. The van der Waals surface area contributed by atoms with Gasteiger partial charge < -0.3 is 10.2 Å². The Morgan fingerprint density at radius 3 is 2.82 bits per heavy atom. The minimum atomic E-state index is -0.998. The van der Waals surface area contributed by atoms with E-state index in [2.05, 4.69) is 5.10 Å². The Balaban J connectivity index is 2.97. The minimum Gasteiger partial charge on any atom is -0.481 e. The van der Waals surface area contributed by atoms with Gasteiger partial charge in [0, 0.05) is 18.8 Å². The van der Waals surface area contributed by atoms with Crippen molar-refractivity contribution in [3.05, 3.63) is 22.1 Å². The summed E-state index contributed by atoms with van der Waals surface area (Å²) in [6.45, 7) is 0. The number of rotatable bonds is 2. The summed E-state index contributed by atoms with van der Waals surface area (Å²) in [5.41, 5.74) is -0.00704. The molecule has 5 nitrogen and oxygen atoms in total. The van der Waals surface area contributed by atoms with E-state index in [4.69, 9.17) is 5.11 Å². The van der Waals surface area contributed by atoms with E-state index in [1.165, 1.54) is 17.9 Å². The Hall–Kier alpha value is -1.52. The second-order valence-corrected chi connectivity index (χ2v) is 2.23. The lowest BCUT2D eigenvalue weighted by Gasteiger charge is -1.85. The molecule has 0 aromatic carbocycles. The van der Waals surface area contributed by atoms with E-state index in [9.17, 15) is 9.59 Å². The number of hydrogen-bond acceptors (Lipinski definition) is 2. The van der Waals surface area contributed by atoms with Gasteiger partial charge in [-0.25, -0.2) is 0 Å². The van der Waals surface area contributed by atoms with E-state index in [0.29, 0.717) is 0 Å². The highest BCUT2D eigenvalue weighted by molar-refractivity contribution is 5.69. The first kappa shape index (κ1) is 7.59. The van der Waals surface area contributed by atoms with Crippen LogP contribution in [-0.4, -0.2) is 20.9 Å². The quantitative estimate of drug-likeness (QED) is 0.596. The van der Waals surface area contributed by atoms with Crippen LogP contribution in [0.2, 0.25) is 0 Å². The number of carboxylic acid groups (broad SMARTS) is 1. The summed E-state index contributed by atoms with van der Waals surface area (Å²) >= 11 is 0. The van der Waals surface area contributed by atoms with Crippen LogP contribution in [-0.2, 0) is 18.3 Å². The molecule has 0 radical (unpaired) electrons. The van der Waals surface area contributed by atoms with E-state index in [-0.39, 0.29) is 17.5 Å². The van der Waals surface area contributed by atoms with Gasteiger partial charge in [0.2, 0.25) is 0 Å². The zero-order valence-electron chi connectivity index (χ0n) is 6.00. The molecule has 11 heavy (non-hydrogen) atoms. The monoisotopic (exact) mass is 156 g/mol. The van der Waals surface area contributed by atoms with Crippen molar-refractivity contribution in [2.45, 2.75) is 6.42 Å². The fourth-order valence-corrected chi connectivity index (χ4v) is 0.800. The summed E-state index contributed by atoms with van der Waals surface area (Å²) in [6.07, 6.45) is 1.17. The SMILES string of the molecule is Cn1[nH]cc(CC(=O)O)c1=O. The maximum absolute atomic E-state index is 11.0. The van der Waals surface area contributed by atoms with Crippen LogP contribution < -0.4 is 5.56 Å². The van der Waals surface area contributed by atoms with Crippen molar-refractivity contribution in [1.29, 1.82) is 0 Å². The first-order valence-corrected chi connectivity index (χ1v) is 3.06. The Bertz CT molecular complexity index is 323. The van der Waals surface area contributed by atoms with Crippen LogP contribution in [0, 0.1) is 0 Å². The third-order valence-electron chi connectivity index (χ3n) is 1.35. The lowest BCUT2D eigenvalue weighted by Crippen LogP contribution is -2.17. The van der Waals surface area contributed by atoms with E-state index >= 15 is 0 Å². The van der Waals surface area contributed by atoms with Gasteiger partial charge in [-0.2, -0.15) is 0 Å². The highest BCUT2D eigenvalue weighted by atomic mass is 16.4. The molecule has 0 aliphatic heterocycles. The molecule has 1 aromatic heterocycles. The normalized spacial score (nSPS) is 9.91. The zero-order valence-corrected chi connectivity index (χ0v) is 6.00. The van der Waals surface area contributed by atoms with Gasteiger partial charge >= 0.3 is 5.97 Å². The van der Waals surface area contributed by atoms with E-state index in [0.717, 1.165) is 0 Å². The third kappa shape index (κ3) is 1.49.